The summed E-state index contributed by atoms with van der Waals surface area (Å²) >= 11 is 0. The van der Waals surface area contributed by atoms with Gasteiger partial charge in [-0.2, -0.15) is 0 Å². The number of benzene rings is 1. The van der Waals surface area contributed by atoms with Crippen LogP contribution in [-0.4, -0.2) is 27.6 Å². The first-order chi connectivity index (χ1) is 9.70. The zero-order valence-electron chi connectivity index (χ0n) is 11.4. The number of carbonyl (C=O) groups is 1. The van der Waals surface area contributed by atoms with E-state index in [0.717, 1.165) is 21.9 Å². The Hall–Kier alpha value is -2.43. The van der Waals surface area contributed by atoms with E-state index in [1.807, 2.05) is 35.8 Å². The second kappa shape index (κ2) is 4.92. The van der Waals surface area contributed by atoms with Crippen molar-refractivity contribution in [3.8, 4) is 0 Å². The molecule has 0 aliphatic heterocycles. The number of imidazole rings is 1. The van der Waals surface area contributed by atoms with Crippen LogP contribution in [0.15, 0.2) is 36.8 Å². The molecule has 102 valence electrons. The highest BCUT2D eigenvalue weighted by Gasteiger charge is 2.16. The van der Waals surface area contributed by atoms with Crippen molar-refractivity contribution in [1.29, 1.82) is 0 Å². The van der Waals surface area contributed by atoms with E-state index in [9.17, 15) is 4.79 Å². The van der Waals surface area contributed by atoms with E-state index in [-0.39, 0.29) is 11.9 Å². The number of hydrogen-bond acceptors (Lipinski definition) is 4. The molecule has 2 aromatic heterocycles. The normalized spacial score (nSPS) is 12.7. The number of ether oxygens (including phenoxy) is 1. The van der Waals surface area contributed by atoms with E-state index < -0.39 is 0 Å². The summed E-state index contributed by atoms with van der Waals surface area (Å²) in [5, 5.41) is 1.04. The Morgan fingerprint density at radius 1 is 1.30 bits per heavy atom. The van der Waals surface area contributed by atoms with E-state index in [4.69, 9.17) is 4.74 Å². The van der Waals surface area contributed by atoms with Gasteiger partial charge in [0.25, 0.3) is 0 Å². The third kappa shape index (κ3) is 2.01. The molecule has 0 N–H and O–H groups in total. The number of esters is 1. The van der Waals surface area contributed by atoms with Crippen molar-refractivity contribution in [2.24, 2.45) is 5.92 Å². The Balaban J connectivity index is 2.12. The lowest BCUT2D eigenvalue weighted by molar-refractivity contribution is -0.145. The molecule has 0 radical (unpaired) electrons. The maximum absolute atomic E-state index is 11.6. The Morgan fingerprint density at radius 2 is 2.10 bits per heavy atom. The molecule has 5 nitrogen and oxygen atoms in total. The van der Waals surface area contributed by atoms with Crippen LogP contribution in [0.2, 0.25) is 0 Å². The molecule has 2 heterocycles. The van der Waals surface area contributed by atoms with Gasteiger partial charge in [0.1, 0.15) is 5.52 Å². The summed E-state index contributed by atoms with van der Waals surface area (Å²) in [5.41, 5.74) is 2.76. The molecule has 0 aliphatic rings. The Morgan fingerprint density at radius 3 is 2.90 bits per heavy atom. The highest BCUT2D eigenvalue weighted by atomic mass is 16.5. The standard InChI is InChI=1S/C15H15N3O2/c1-10(15(19)20-2)8-18-9-17-13-7-16-12-6-4-3-5-11(12)14(13)18/h3-7,9-10H,8H2,1-2H3. The van der Waals surface area contributed by atoms with Crippen LogP contribution >= 0.6 is 0 Å². The van der Waals surface area contributed by atoms with Gasteiger partial charge >= 0.3 is 5.97 Å². The topological polar surface area (TPSA) is 57.0 Å². The number of pyridine rings is 1. The quantitative estimate of drug-likeness (QED) is 0.685. The summed E-state index contributed by atoms with van der Waals surface area (Å²) in [6.45, 7) is 2.39. The molecule has 1 unspecified atom stereocenters. The number of para-hydroxylation sites is 1. The first kappa shape index (κ1) is 12.6. The molecule has 3 rings (SSSR count). The largest absolute Gasteiger partial charge is 0.469 e. The molecule has 0 aliphatic carbocycles. The molecule has 0 saturated carbocycles. The summed E-state index contributed by atoms with van der Waals surface area (Å²) in [7, 11) is 1.41. The summed E-state index contributed by atoms with van der Waals surface area (Å²) < 4.78 is 6.76. The van der Waals surface area contributed by atoms with Crippen LogP contribution in [0.1, 0.15) is 6.92 Å². The average molecular weight is 269 g/mol. The van der Waals surface area contributed by atoms with E-state index in [2.05, 4.69) is 9.97 Å². The summed E-state index contributed by atoms with van der Waals surface area (Å²) in [6, 6.07) is 7.92. The zero-order chi connectivity index (χ0) is 14.1. The lowest BCUT2D eigenvalue weighted by Crippen LogP contribution is -2.18. The fourth-order valence-electron chi connectivity index (χ4n) is 2.41. The van der Waals surface area contributed by atoms with Gasteiger partial charge in [0.2, 0.25) is 0 Å². The van der Waals surface area contributed by atoms with Gasteiger partial charge in [0.15, 0.2) is 0 Å². The molecule has 0 fully saturated rings. The lowest BCUT2D eigenvalue weighted by atomic mass is 10.1. The zero-order valence-corrected chi connectivity index (χ0v) is 11.4. The molecular weight excluding hydrogens is 254 g/mol. The number of carbonyl (C=O) groups excluding carboxylic acids is 1. The molecule has 3 aromatic rings. The summed E-state index contributed by atoms with van der Waals surface area (Å²) in [4.78, 5) is 20.3. The number of hydrogen-bond donors (Lipinski definition) is 0. The first-order valence-electron chi connectivity index (χ1n) is 6.47. The SMILES string of the molecule is COC(=O)C(C)Cn1cnc2cnc3ccccc3c21. The van der Waals surface area contributed by atoms with Crippen LogP contribution in [0.3, 0.4) is 0 Å². The lowest BCUT2D eigenvalue weighted by Gasteiger charge is -2.11. The first-order valence-corrected chi connectivity index (χ1v) is 6.47. The fraction of sp³-hybridized carbons (Fsp3) is 0.267. The summed E-state index contributed by atoms with van der Waals surface area (Å²) in [6.07, 6.45) is 3.51. The predicted octanol–water partition coefficient (Wildman–Crippen LogP) is 2.39. The van der Waals surface area contributed by atoms with Crippen molar-refractivity contribution in [2.75, 3.05) is 7.11 Å². The third-order valence-electron chi connectivity index (χ3n) is 3.43. The molecule has 0 saturated heterocycles. The molecule has 1 atom stereocenters. The smallest absolute Gasteiger partial charge is 0.310 e. The Kier molecular flexibility index (Phi) is 3.10. The van der Waals surface area contributed by atoms with Gasteiger partial charge in [-0.1, -0.05) is 25.1 Å². The van der Waals surface area contributed by atoms with Gasteiger partial charge in [0, 0.05) is 11.9 Å². The second-order valence-corrected chi connectivity index (χ2v) is 4.83. The summed E-state index contributed by atoms with van der Waals surface area (Å²) in [5.74, 6) is -0.436. The van der Waals surface area contributed by atoms with Crippen molar-refractivity contribution >= 4 is 27.9 Å². The van der Waals surface area contributed by atoms with Crippen LogP contribution in [0.25, 0.3) is 21.9 Å². The van der Waals surface area contributed by atoms with Gasteiger partial charge in [-0.25, -0.2) is 4.98 Å². The van der Waals surface area contributed by atoms with Crippen molar-refractivity contribution in [1.82, 2.24) is 14.5 Å². The van der Waals surface area contributed by atoms with Crippen LogP contribution < -0.4 is 0 Å². The van der Waals surface area contributed by atoms with Crippen molar-refractivity contribution in [3.63, 3.8) is 0 Å². The molecule has 5 heteroatoms. The van der Waals surface area contributed by atoms with Gasteiger partial charge in [0.05, 0.1) is 36.6 Å². The minimum atomic E-state index is -0.218. The Labute approximate surface area is 116 Å². The fourth-order valence-corrected chi connectivity index (χ4v) is 2.41. The molecule has 0 spiro atoms. The van der Waals surface area contributed by atoms with Crippen molar-refractivity contribution in [3.05, 3.63) is 36.8 Å². The molecule has 0 amide bonds. The second-order valence-electron chi connectivity index (χ2n) is 4.83. The molecule has 0 bridgehead atoms. The minimum absolute atomic E-state index is 0.217. The van der Waals surface area contributed by atoms with E-state index in [0.29, 0.717) is 6.54 Å². The number of rotatable bonds is 3. The van der Waals surface area contributed by atoms with Crippen LogP contribution in [-0.2, 0) is 16.1 Å². The van der Waals surface area contributed by atoms with E-state index in [1.165, 1.54) is 7.11 Å². The maximum atomic E-state index is 11.6. The highest BCUT2D eigenvalue weighted by Crippen LogP contribution is 2.23. The highest BCUT2D eigenvalue weighted by molar-refractivity contribution is 6.01. The predicted molar refractivity (Wildman–Crippen MR) is 76.2 cm³/mol. The van der Waals surface area contributed by atoms with Crippen molar-refractivity contribution in [2.45, 2.75) is 13.5 Å². The monoisotopic (exact) mass is 269 g/mol. The van der Waals surface area contributed by atoms with Crippen LogP contribution in [0.4, 0.5) is 0 Å². The van der Waals surface area contributed by atoms with Gasteiger partial charge in [-0.05, 0) is 6.07 Å². The molecular formula is C15H15N3O2. The van der Waals surface area contributed by atoms with Crippen LogP contribution in [0, 0.1) is 5.92 Å². The molecule has 1 aromatic carbocycles. The van der Waals surface area contributed by atoms with Crippen LogP contribution in [0.5, 0.6) is 0 Å². The number of aromatic nitrogens is 3. The van der Waals surface area contributed by atoms with Gasteiger partial charge in [-0.3, -0.25) is 9.78 Å². The number of fused-ring (bicyclic) bond motifs is 3. The van der Waals surface area contributed by atoms with Gasteiger partial charge in [-0.15, -0.1) is 0 Å². The minimum Gasteiger partial charge on any atom is -0.469 e. The maximum Gasteiger partial charge on any atom is 0.310 e. The van der Waals surface area contributed by atoms with Gasteiger partial charge < -0.3 is 9.30 Å². The van der Waals surface area contributed by atoms with E-state index in [1.54, 1.807) is 12.5 Å². The third-order valence-corrected chi connectivity index (χ3v) is 3.43. The number of methoxy groups -OCH3 is 1. The van der Waals surface area contributed by atoms with Crippen molar-refractivity contribution < 1.29 is 9.53 Å². The average Bonchev–Trinajstić information content (AvgIpc) is 2.89. The van der Waals surface area contributed by atoms with E-state index >= 15 is 0 Å². The number of nitrogens with zero attached hydrogens (tertiary/aromatic N) is 3. The molecule has 20 heavy (non-hydrogen) atoms. The Bertz CT molecular complexity index is 779.